The van der Waals surface area contributed by atoms with Crippen molar-refractivity contribution in [2.75, 3.05) is 16.4 Å². The van der Waals surface area contributed by atoms with Crippen LogP contribution in [0, 0.1) is 0 Å². The van der Waals surface area contributed by atoms with E-state index < -0.39 is 6.04 Å². The maximum atomic E-state index is 12.2. The topological polar surface area (TPSA) is 87.3 Å². The van der Waals surface area contributed by atoms with Crippen LogP contribution < -0.4 is 16.0 Å². The Morgan fingerprint density at radius 1 is 1.00 bits per heavy atom. The summed E-state index contributed by atoms with van der Waals surface area (Å²) in [5.74, 6) is -0.127. The highest BCUT2D eigenvalue weighted by atomic mass is 35.5. The third-order valence-electron chi connectivity index (χ3n) is 3.67. The van der Waals surface area contributed by atoms with Crippen molar-refractivity contribution < 1.29 is 14.4 Å². The molecule has 2 aromatic rings. The zero-order chi connectivity index (χ0) is 20.5. The van der Waals surface area contributed by atoms with Crippen molar-refractivity contribution in [1.29, 1.82) is 0 Å². The van der Waals surface area contributed by atoms with E-state index in [0.717, 1.165) is 4.90 Å². The summed E-state index contributed by atoms with van der Waals surface area (Å²) < 4.78 is 0. The quantitative estimate of drug-likeness (QED) is 0.566. The maximum Gasteiger partial charge on any atom is 0.246 e. The molecule has 28 heavy (non-hydrogen) atoms. The van der Waals surface area contributed by atoms with Crippen LogP contribution in [0.1, 0.15) is 20.3 Å². The van der Waals surface area contributed by atoms with Crippen LogP contribution in [0.4, 0.5) is 11.4 Å². The molecular formula is C20H22ClN3O3S. The largest absolute Gasteiger partial charge is 0.345 e. The van der Waals surface area contributed by atoms with Gasteiger partial charge in [0.05, 0.1) is 5.02 Å². The molecule has 1 atom stereocenters. The summed E-state index contributed by atoms with van der Waals surface area (Å²) in [6.07, 6.45) is 0.277. The minimum absolute atomic E-state index is 0.166. The molecule has 0 fully saturated rings. The molecule has 1 unspecified atom stereocenters. The molecule has 0 aromatic heterocycles. The molecule has 0 saturated heterocycles. The van der Waals surface area contributed by atoms with Crippen LogP contribution in [0.25, 0.3) is 0 Å². The summed E-state index contributed by atoms with van der Waals surface area (Å²) in [4.78, 5) is 36.2. The minimum Gasteiger partial charge on any atom is -0.345 e. The van der Waals surface area contributed by atoms with Gasteiger partial charge in [-0.05, 0) is 43.3 Å². The highest BCUT2D eigenvalue weighted by Crippen LogP contribution is 2.26. The number of rotatable bonds is 8. The van der Waals surface area contributed by atoms with E-state index >= 15 is 0 Å². The van der Waals surface area contributed by atoms with Gasteiger partial charge < -0.3 is 16.0 Å². The van der Waals surface area contributed by atoms with Gasteiger partial charge in [0.2, 0.25) is 17.7 Å². The molecule has 3 amide bonds. The van der Waals surface area contributed by atoms with Crippen LogP contribution in [0.3, 0.4) is 0 Å². The van der Waals surface area contributed by atoms with Gasteiger partial charge in [-0.3, -0.25) is 14.4 Å². The Balaban J connectivity index is 1.75. The third kappa shape index (κ3) is 7.25. The van der Waals surface area contributed by atoms with E-state index in [0.29, 0.717) is 22.2 Å². The number of carbonyl (C=O) groups excluding carboxylic acids is 3. The zero-order valence-corrected chi connectivity index (χ0v) is 17.2. The SMILES string of the molecule is CC(=O)Nc1ccc(NC(=O)C(C)NC(=O)CCSc2ccccc2Cl)cc1. The second-order valence-corrected chi connectivity index (χ2v) is 7.61. The number of anilines is 2. The highest BCUT2D eigenvalue weighted by Gasteiger charge is 2.15. The van der Waals surface area contributed by atoms with E-state index in [4.69, 9.17) is 11.6 Å². The lowest BCUT2D eigenvalue weighted by Gasteiger charge is -2.14. The first kappa shape index (κ1) is 21.8. The molecular weight excluding hydrogens is 398 g/mol. The van der Waals surface area contributed by atoms with Crippen molar-refractivity contribution in [3.05, 3.63) is 53.6 Å². The number of amides is 3. The lowest BCUT2D eigenvalue weighted by atomic mass is 10.2. The van der Waals surface area contributed by atoms with Crippen molar-refractivity contribution in [3.8, 4) is 0 Å². The van der Waals surface area contributed by atoms with Crippen molar-refractivity contribution in [3.63, 3.8) is 0 Å². The van der Waals surface area contributed by atoms with E-state index in [1.807, 2.05) is 18.2 Å². The molecule has 0 spiro atoms. The summed E-state index contributed by atoms with van der Waals surface area (Å²) in [5, 5.41) is 8.72. The van der Waals surface area contributed by atoms with Crippen LogP contribution >= 0.6 is 23.4 Å². The molecule has 2 rings (SSSR count). The molecule has 6 nitrogen and oxygen atoms in total. The van der Waals surface area contributed by atoms with Crippen molar-refractivity contribution in [2.24, 2.45) is 0 Å². The van der Waals surface area contributed by atoms with Gasteiger partial charge in [-0.15, -0.1) is 11.8 Å². The van der Waals surface area contributed by atoms with Gasteiger partial charge in [-0.1, -0.05) is 23.7 Å². The van der Waals surface area contributed by atoms with Crippen molar-refractivity contribution in [2.45, 2.75) is 31.2 Å². The van der Waals surface area contributed by atoms with Crippen LogP contribution in [0.15, 0.2) is 53.4 Å². The number of benzene rings is 2. The number of nitrogens with one attached hydrogen (secondary N) is 3. The Bertz CT molecular complexity index is 843. The second-order valence-electron chi connectivity index (χ2n) is 6.07. The standard InChI is InChI=1S/C20H22ClN3O3S/c1-13(20(27)24-16-9-7-15(8-10-16)23-14(2)25)22-19(26)11-12-28-18-6-4-3-5-17(18)21/h3-10,13H,11-12H2,1-2H3,(H,22,26)(H,23,25)(H,24,27). The van der Waals surface area contributed by atoms with Gasteiger partial charge in [-0.25, -0.2) is 0 Å². The van der Waals surface area contributed by atoms with Crippen molar-refractivity contribution in [1.82, 2.24) is 5.32 Å². The fourth-order valence-electron chi connectivity index (χ4n) is 2.29. The lowest BCUT2D eigenvalue weighted by Crippen LogP contribution is -2.41. The van der Waals surface area contributed by atoms with Crippen LogP contribution in [0.5, 0.6) is 0 Å². The van der Waals surface area contributed by atoms with Gasteiger partial charge in [0.25, 0.3) is 0 Å². The van der Waals surface area contributed by atoms with Gasteiger partial charge in [0, 0.05) is 35.4 Å². The van der Waals surface area contributed by atoms with E-state index in [2.05, 4.69) is 16.0 Å². The summed E-state index contributed by atoms with van der Waals surface area (Å²) in [5.41, 5.74) is 1.22. The average Bonchev–Trinajstić information content (AvgIpc) is 2.64. The van der Waals surface area contributed by atoms with E-state index in [1.165, 1.54) is 18.7 Å². The molecule has 0 aliphatic heterocycles. The summed E-state index contributed by atoms with van der Waals surface area (Å²) in [6.45, 7) is 3.05. The number of thioether (sulfide) groups is 1. The van der Waals surface area contributed by atoms with Gasteiger partial charge in [-0.2, -0.15) is 0 Å². The van der Waals surface area contributed by atoms with E-state index in [-0.39, 0.29) is 24.1 Å². The fourth-order valence-corrected chi connectivity index (χ4v) is 3.47. The normalized spacial score (nSPS) is 11.4. The first-order valence-corrected chi connectivity index (χ1v) is 10.1. The Labute approximate surface area is 173 Å². The van der Waals surface area contributed by atoms with Crippen molar-refractivity contribution >= 4 is 52.5 Å². The molecule has 0 bridgehead atoms. The van der Waals surface area contributed by atoms with E-state index in [9.17, 15) is 14.4 Å². The molecule has 8 heteroatoms. The molecule has 0 heterocycles. The fraction of sp³-hybridized carbons (Fsp3) is 0.250. The molecule has 0 radical (unpaired) electrons. The summed E-state index contributed by atoms with van der Waals surface area (Å²) >= 11 is 7.58. The summed E-state index contributed by atoms with van der Waals surface area (Å²) in [7, 11) is 0. The van der Waals surface area contributed by atoms with Crippen LogP contribution in [0.2, 0.25) is 5.02 Å². The number of halogens is 1. The number of carbonyl (C=O) groups is 3. The predicted molar refractivity (Wildman–Crippen MR) is 114 cm³/mol. The molecule has 0 aliphatic rings. The molecule has 0 aliphatic carbocycles. The predicted octanol–water partition coefficient (Wildman–Crippen LogP) is 3.92. The lowest BCUT2D eigenvalue weighted by molar-refractivity contribution is -0.125. The number of hydrogen-bond donors (Lipinski definition) is 3. The number of hydrogen-bond acceptors (Lipinski definition) is 4. The van der Waals surface area contributed by atoms with E-state index in [1.54, 1.807) is 37.3 Å². The third-order valence-corrected chi connectivity index (χ3v) is 5.18. The Morgan fingerprint density at radius 2 is 1.61 bits per heavy atom. The van der Waals surface area contributed by atoms with Gasteiger partial charge in [0.15, 0.2) is 0 Å². The highest BCUT2D eigenvalue weighted by molar-refractivity contribution is 7.99. The molecule has 0 saturated carbocycles. The van der Waals surface area contributed by atoms with Gasteiger partial charge in [0.1, 0.15) is 6.04 Å². The zero-order valence-electron chi connectivity index (χ0n) is 15.6. The van der Waals surface area contributed by atoms with Gasteiger partial charge >= 0.3 is 0 Å². The molecule has 148 valence electrons. The maximum absolute atomic E-state index is 12.2. The smallest absolute Gasteiger partial charge is 0.246 e. The Morgan fingerprint density at radius 3 is 2.21 bits per heavy atom. The molecule has 3 N–H and O–H groups in total. The monoisotopic (exact) mass is 419 g/mol. The Kier molecular flexibility index (Phi) is 8.35. The Hall–Kier alpha value is -2.51. The average molecular weight is 420 g/mol. The van der Waals surface area contributed by atoms with Crippen LogP contribution in [-0.4, -0.2) is 29.5 Å². The first-order chi connectivity index (χ1) is 13.3. The summed E-state index contributed by atoms with van der Waals surface area (Å²) in [6, 6.07) is 13.5. The second kappa shape index (κ2) is 10.7. The van der Waals surface area contributed by atoms with Crippen LogP contribution in [-0.2, 0) is 14.4 Å². The molecule has 2 aromatic carbocycles. The minimum atomic E-state index is -0.673. The first-order valence-electron chi connectivity index (χ1n) is 8.70.